The molecule has 0 radical (unpaired) electrons. The van der Waals surface area contributed by atoms with Gasteiger partial charge in [0.2, 0.25) is 5.75 Å². The van der Waals surface area contributed by atoms with Crippen LogP contribution in [-0.4, -0.2) is 27.9 Å². The average Bonchev–Trinajstić information content (AvgIpc) is 2.43. The van der Waals surface area contributed by atoms with Gasteiger partial charge in [0, 0.05) is 12.1 Å². The molecule has 1 aromatic rings. The number of methoxy groups -OCH3 is 3. The monoisotopic (exact) mass is 251 g/mol. The fourth-order valence-electron chi connectivity index (χ4n) is 1.76. The Balaban J connectivity index is 3.33. The zero-order chi connectivity index (χ0) is 13.5. The maximum absolute atomic E-state index is 5.68. The van der Waals surface area contributed by atoms with Crippen LogP contribution in [0.15, 0.2) is 17.7 Å². The third kappa shape index (κ3) is 2.96. The van der Waals surface area contributed by atoms with Gasteiger partial charge in [-0.25, -0.2) is 0 Å². The van der Waals surface area contributed by atoms with Gasteiger partial charge in [-0.2, -0.15) is 0 Å². The molecule has 1 aromatic carbocycles. The highest BCUT2D eigenvalue weighted by Gasteiger charge is 2.14. The first kappa shape index (κ1) is 14.4. The molecule has 4 nitrogen and oxygen atoms in total. The molecule has 0 saturated carbocycles. The fraction of sp³-hybridized carbons (Fsp3) is 0.429. The third-order valence-electron chi connectivity index (χ3n) is 2.81. The molecule has 0 saturated heterocycles. The number of nitrogens with two attached hydrogens (primary N) is 1. The van der Waals surface area contributed by atoms with Crippen molar-refractivity contribution in [2.75, 3.05) is 27.9 Å². The van der Waals surface area contributed by atoms with Gasteiger partial charge in [-0.1, -0.05) is 18.6 Å². The van der Waals surface area contributed by atoms with Gasteiger partial charge in [-0.05, 0) is 18.6 Å². The van der Waals surface area contributed by atoms with Crippen molar-refractivity contribution in [2.24, 2.45) is 5.73 Å². The Labute approximate surface area is 108 Å². The molecule has 0 unspecified atom stereocenters. The van der Waals surface area contributed by atoms with Gasteiger partial charge in [0.25, 0.3) is 0 Å². The van der Waals surface area contributed by atoms with Crippen LogP contribution in [0.1, 0.15) is 18.9 Å². The summed E-state index contributed by atoms with van der Waals surface area (Å²) in [6.07, 6.45) is 2.94. The molecule has 0 aromatic heterocycles. The smallest absolute Gasteiger partial charge is 0.203 e. The van der Waals surface area contributed by atoms with E-state index in [1.54, 1.807) is 21.3 Å². The highest BCUT2D eigenvalue weighted by Crippen LogP contribution is 2.40. The normalized spacial score (nSPS) is 11.3. The first-order valence-electron chi connectivity index (χ1n) is 5.90. The molecule has 18 heavy (non-hydrogen) atoms. The minimum absolute atomic E-state index is 0.536. The SMILES string of the molecule is CCC(=Cc1ccc(OC)c(OC)c1OC)CN. The summed E-state index contributed by atoms with van der Waals surface area (Å²) in [4.78, 5) is 0. The van der Waals surface area contributed by atoms with Crippen LogP contribution in [0.5, 0.6) is 17.2 Å². The molecule has 0 aliphatic carbocycles. The largest absolute Gasteiger partial charge is 0.493 e. The maximum atomic E-state index is 5.68. The van der Waals surface area contributed by atoms with E-state index in [0.29, 0.717) is 23.8 Å². The summed E-state index contributed by atoms with van der Waals surface area (Å²) in [7, 11) is 4.81. The van der Waals surface area contributed by atoms with E-state index >= 15 is 0 Å². The van der Waals surface area contributed by atoms with Crippen LogP contribution in [0, 0.1) is 0 Å². The minimum atomic E-state index is 0.536. The van der Waals surface area contributed by atoms with Crippen LogP contribution in [0.4, 0.5) is 0 Å². The third-order valence-corrected chi connectivity index (χ3v) is 2.81. The zero-order valence-corrected chi connectivity index (χ0v) is 11.4. The Morgan fingerprint density at radius 2 is 1.78 bits per heavy atom. The second kappa shape index (κ2) is 6.91. The van der Waals surface area contributed by atoms with Gasteiger partial charge in [-0.3, -0.25) is 0 Å². The van der Waals surface area contributed by atoms with E-state index in [-0.39, 0.29) is 0 Å². The molecule has 0 atom stereocenters. The molecular weight excluding hydrogens is 230 g/mol. The van der Waals surface area contributed by atoms with Crippen molar-refractivity contribution >= 4 is 6.08 Å². The van der Waals surface area contributed by atoms with Crippen molar-refractivity contribution < 1.29 is 14.2 Å². The topological polar surface area (TPSA) is 53.7 Å². The second-order valence-corrected chi connectivity index (χ2v) is 3.78. The quantitative estimate of drug-likeness (QED) is 0.843. The molecule has 0 heterocycles. The Kier molecular flexibility index (Phi) is 5.52. The molecule has 2 N–H and O–H groups in total. The van der Waals surface area contributed by atoms with Gasteiger partial charge < -0.3 is 19.9 Å². The second-order valence-electron chi connectivity index (χ2n) is 3.78. The van der Waals surface area contributed by atoms with E-state index in [4.69, 9.17) is 19.9 Å². The highest BCUT2D eigenvalue weighted by atomic mass is 16.5. The van der Waals surface area contributed by atoms with Crippen LogP contribution in [0.2, 0.25) is 0 Å². The van der Waals surface area contributed by atoms with Crippen LogP contribution in [0.3, 0.4) is 0 Å². The Morgan fingerprint density at radius 1 is 1.11 bits per heavy atom. The maximum Gasteiger partial charge on any atom is 0.203 e. The first-order chi connectivity index (χ1) is 8.71. The average molecular weight is 251 g/mol. The van der Waals surface area contributed by atoms with Crippen LogP contribution >= 0.6 is 0 Å². The number of ether oxygens (including phenoxy) is 3. The molecular formula is C14H21NO3. The van der Waals surface area contributed by atoms with E-state index in [1.165, 1.54) is 0 Å². The Morgan fingerprint density at radius 3 is 2.22 bits per heavy atom. The summed E-state index contributed by atoms with van der Waals surface area (Å²) in [6.45, 7) is 2.61. The van der Waals surface area contributed by atoms with Crippen molar-refractivity contribution in [1.29, 1.82) is 0 Å². The van der Waals surface area contributed by atoms with Crippen LogP contribution in [0.25, 0.3) is 6.08 Å². The molecule has 1 rings (SSSR count). The van der Waals surface area contributed by atoms with Crippen molar-refractivity contribution in [3.05, 3.63) is 23.3 Å². The number of hydrogen-bond donors (Lipinski definition) is 1. The van der Waals surface area contributed by atoms with Crippen molar-refractivity contribution in [3.8, 4) is 17.2 Å². The minimum Gasteiger partial charge on any atom is -0.493 e. The summed E-state index contributed by atoms with van der Waals surface area (Å²) in [5.41, 5.74) is 7.78. The standard InChI is InChI=1S/C14H21NO3/c1-5-10(9-15)8-11-6-7-12(16-2)14(18-4)13(11)17-3/h6-8H,5,9,15H2,1-4H3. The molecule has 0 bridgehead atoms. The Bertz CT molecular complexity index is 421. The molecule has 0 aliphatic rings. The summed E-state index contributed by atoms with van der Waals surface area (Å²) < 4.78 is 16.0. The van der Waals surface area contributed by atoms with Crippen LogP contribution in [-0.2, 0) is 0 Å². The number of benzene rings is 1. The molecule has 0 aliphatic heterocycles. The van der Waals surface area contributed by atoms with E-state index in [0.717, 1.165) is 17.6 Å². The van der Waals surface area contributed by atoms with Gasteiger partial charge in [0.1, 0.15) is 0 Å². The van der Waals surface area contributed by atoms with Crippen molar-refractivity contribution in [2.45, 2.75) is 13.3 Å². The zero-order valence-electron chi connectivity index (χ0n) is 11.4. The molecule has 100 valence electrons. The van der Waals surface area contributed by atoms with E-state index in [2.05, 4.69) is 6.92 Å². The first-order valence-corrected chi connectivity index (χ1v) is 5.90. The lowest BCUT2D eigenvalue weighted by molar-refractivity contribution is 0.324. The van der Waals surface area contributed by atoms with Crippen LogP contribution < -0.4 is 19.9 Å². The summed E-state index contributed by atoms with van der Waals surface area (Å²) in [6, 6.07) is 3.79. The summed E-state index contributed by atoms with van der Waals surface area (Å²) in [5, 5.41) is 0. The van der Waals surface area contributed by atoms with Crippen molar-refractivity contribution in [1.82, 2.24) is 0 Å². The lowest BCUT2D eigenvalue weighted by Gasteiger charge is -2.14. The highest BCUT2D eigenvalue weighted by molar-refractivity contribution is 5.67. The number of rotatable bonds is 6. The van der Waals surface area contributed by atoms with Gasteiger partial charge in [-0.15, -0.1) is 0 Å². The fourth-order valence-corrected chi connectivity index (χ4v) is 1.76. The van der Waals surface area contributed by atoms with Gasteiger partial charge >= 0.3 is 0 Å². The molecule has 0 spiro atoms. The molecule has 0 amide bonds. The predicted molar refractivity (Wildman–Crippen MR) is 73.4 cm³/mol. The van der Waals surface area contributed by atoms with E-state index in [1.807, 2.05) is 18.2 Å². The molecule has 0 fully saturated rings. The summed E-state index contributed by atoms with van der Waals surface area (Å²) in [5.74, 6) is 1.91. The van der Waals surface area contributed by atoms with E-state index < -0.39 is 0 Å². The van der Waals surface area contributed by atoms with Gasteiger partial charge in [0.15, 0.2) is 11.5 Å². The van der Waals surface area contributed by atoms with E-state index in [9.17, 15) is 0 Å². The lowest BCUT2D eigenvalue weighted by Crippen LogP contribution is -2.02. The molecule has 4 heteroatoms. The van der Waals surface area contributed by atoms with Gasteiger partial charge in [0.05, 0.1) is 21.3 Å². The predicted octanol–water partition coefficient (Wildman–Crippen LogP) is 2.46. The number of hydrogen-bond acceptors (Lipinski definition) is 4. The Hall–Kier alpha value is -1.68. The van der Waals surface area contributed by atoms with Crippen molar-refractivity contribution in [3.63, 3.8) is 0 Å². The lowest BCUT2D eigenvalue weighted by atomic mass is 10.1. The summed E-state index contributed by atoms with van der Waals surface area (Å²) >= 11 is 0.